The van der Waals surface area contributed by atoms with Crippen molar-refractivity contribution in [3.63, 3.8) is 0 Å². The summed E-state index contributed by atoms with van der Waals surface area (Å²) in [5, 5.41) is 2.98. The molecule has 0 bridgehead atoms. The summed E-state index contributed by atoms with van der Waals surface area (Å²) in [7, 11) is 1.34. The maximum absolute atomic E-state index is 12.9. The standard InChI is InChI=1S/C20H25N3O4/c1-4-14-17(20(25)26-3)13(2)18(21-14)19(24)22-15-7-5-6-8-16(15)23-9-11-27-12-10-23/h5-8,21H,4,9-12H2,1-3H3,(H,22,24). The second-order valence-corrected chi connectivity index (χ2v) is 6.39. The monoisotopic (exact) mass is 371 g/mol. The largest absolute Gasteiger partial charge is 0.465 e. The number of aryl methyl sites for hydroxylation is 1. The van der Waals surface area contributed by atoms with Gasteiger partial charge in [-0.25, -0.2) is 4.79 Å². The second kappa shape index (κ2) is 8.26. The zero-order chi connectivity index (χ0) is 19.4. The quantitative estimate of drug-likeness (QED) is 0.790. The lowest BCUT2D eigenvalue weighted by Crippen LogP contribution is -2.36. The predicted molar refractivity (Wildman–Crippen MR) is 104 cm³/mol. The second-order valence-electron chi connectivity index (χ2n) is 6.39. The van der Waals surface area contributed by atoms with E-state index >= 15 is 0 Å². The van der Waals surface area contributed by atoms with Crippen LogP contribution in [0.2, 0.25) is 0 Å². The molecule has 2 aromatic rings. The molecule has 0 radical (unpaired) electrons. The molecule has 0 aliphatic carbocycles. The van der Waals surface area contributed by atoms with E-state index in [0.29, 0.717) is 42.1 Å². The van der Waals surface area contributed by atoms with Crippen molar-refractivity contribution < 1.29 is 19.1 Å². The van der Waals surface area contributed by atoms with Crippen molar-refractivity contribution in [1.82, 2.24) is 4.98 Å². The van der Waals surface area contributed by atoms with Gasteiger partial charge in [-0.1, -0.05) is 19.1 Å². The van der Waals surface area contributed by atoms with Crippen molar-refractivity contribution in [1.29, 1.82) is 0 Å². The number of aromatic nitrogens is 1. The molecule has 144 valence electrons. The SMILES string of the molecule is CCc1[nH]c(C(=O)Nc2ccccc2N2CCOCC2)c(C)c1C(=O)OC. The van der Waals surface area contributed by atoms with E-state index in [1.807, 2.05) is 31.2 Å². The molecule has 2 heterocycles. The minimum Gasteiger partial charge on any atom is -0.465 e. The molecule has 1 fully saturated rings. The Morgan fingerprint density at radius 2 is 1.96 bits per heavy atom. The van der Waals surface area contributed by atoms with Crippen LogP contribution in [0.5, 0.6) is 0 Å². The number of para-hydroxylation sites is 2. The number of ether oxygens (including phenoxy) is 2. The number of hydrogen-bond donors (Lipinski definition) is 2. The summed E-state index contributed by atoms with van der Waals surface area (Å²) in [5.74, 6) is -0.716. The summed E-state index contributed by atoms with van der Waals surface area (Å²) >= 11 is 0. The molecular formula is C20H25N3O4. The molecule has 0 saturated carbocycles. The summed E-state index contributed by atoms with van der Waals surface area (Å²) in [6, 6.07) is 7.70. The van der Waals surface area contributed by atoms with Gasteiger partial charge in [0.2, 0.25) is 0 Å². The maximum Gasteiger partial charge on any atom is 0.339 e. The fourth-order valence-corrected chi connectivity index (χ4v) is 3.37. The van der Waals surface area contributed by atoms with Gasteiger partial charge in [0, 0.05) is 18.8 Å². The van der Waals surface area contributed by atoms with Crippen molar-refractivity contribution in [2.75, 3.05) is 43.6 Å². The van der Waals surface area contributed by atoms with Gasteiger partial charge in [-0.2, -0.15) is 0 Å². The third-order valence-electron chi connectivity index (χ3n) is 4.80. The fraction of sp³-hybridized carbons (Fsp3) is 0.400. The van der Waals surface area contributed by atoms with Crippen LogP contribution in [0.4, 0.5) is 11.4 Å². The van der Waals surface area contributed by atoms with Crippen LogP contribution in [-0.4, -0.2) is 50.3 Å². The first-order valence-electron chi connectivity index (χ1n) is 9.09. The summed E-state index contributed by atoms with van der Waals surface area (Å²) in [6.07, 6.45) is 0.600. The maximum atomic E-state index is 12.9. The number of carbonyl (C=O) groups excluding carboxylic acids is 2. The number of esters is 1. The molecule has 0 atom stereocenters. The van der Waals surface area contributed by atoms with E-state index in [0.717, 1.165) is 24.5 Å². The number of aromatic amines is 1. The number of carbonyl (C=O) groups is 2. The molecule has 1 amide bonds. The van der Waals surface area contributed by atoms with E-state index in [-0.39, 0.29) is 5.91 Å². The Bertz CT molecular complexity index is 838. The molecular weight excluding hydrogens is 346 g/mol. The number of nitrogens with one attached hydrogen (secondary N) is 2. The Labute approximate surface area is 158 Å². The van der Waals surface area contributed by atoms with Gasteiger partial charge in [-0.05, 0) is 31.0 Å². The van der Waals surface area contributed by atoms with Gasteiger partial charge < -0.3 is 24.7 Å². The molecule has 1 aromatic carbocycles. The van der Waals surface area contributed by atoms with Gasteiger partial charge in [0.1, 0.15) is 5.69 Å². The lowest BCUT2D eigenvalue weighted by molar-refractivity contribution is 0.0599. The summed E-state index contributed by atoms with van der Waals surface area (Å²) in [4.78, 5) is 30.3. The Balaban J connectivity index is 1.88. The molecule has 0 spiro atoms. The number of amides is 1. The van der Waals surface area contributed by atoms with Crippen LogP contribution in [0.1, 0.15) is 39.0 Å². The van der Waals surface area contributed by atoms with E-state index < -0.39 is 5.97 Å². The van der Waals surface area contributed by atoms with Crippen LogP contribution in [0, 0.1) is 6.92 Å². The predicted octanol–water partition coefficient (Wildman–Crippen LogP) is 2.76. The van der Waals surface area contributed by atoms with Crippen molar-refractivity contribution in [2.45, 2.75) is 20.3 Å². The number of H-pyrrole nitrogens is 1. The fourth-order valence-electron chi connectivity index (χ4n) is 3.37. The van der Waals surface area contributed by atoms with Crippen LogP contribution in [0.15, 0.2) is 24.3 Å². The number of anilines is 2. The number of nitrogens with zero attached hydrogens (tertiary/aromatic N) is 1. The number of morpholine rings is 1. The normalized spacial score (nSPS) is 14.1. The zero-order valence-electron chi connectivity index (χ0n) is 15.9. The van der Waals surface area contributed by atoms with Gasteiger partial charge >= 0.3 is 5.97 Å². The van der Waals surface area contributed by atoms with Crippen LogP contribution in [-0.2, 0) is 15.9 Å². The molecule has 7 nitrogen and oxygen atoms in total. The van der Waals surface area contributed by atoms with Crippen molar-refractivity contribution >= 4 is 23.3 Å². The highest BCUT2D eigenvalue weighted by molar-refractivity contribution is 6.08. The minimum absolute atomic E-state index is 0.280. The number of benzene rings is 1. The first-order chi connectivity index (χ1) is 13.1. The molecule has 7 heteroatoms. The van der Waals surface area contributed by atoms with E-state index in [1.54, 1.807) is 6.92 Å². The first kappa shape index (κ1) is 19.0. The average molecular weight is 371 g/mol. The molecule has 1 aromatic heterocycles. The van der Waals surface area contributed by atoms with E-state index in [2.05, 4.69) is 15.2 Å². The molecule has 2 N–H and O–H groups in total. The van der Waals surface area contributed by atoms with E-state index in [9.17, 15) is 9.59 Å². The van der Waals surface area contributed by atoms with Gasteiger partial charge in [-0.3, -0.25) is 4.79 Å². The minimum atomic E-state index is -0.437. The Hall–Kier alpha value is -2.80. The molecule has 1 saturated heterocycles. The third-order valence-corrected chi connectivity index (χ3v) is 4.80. The number of hydrogen-bond acceptors (Lipinski definition) is 5. The van der Waals surface area contributed by atoms with Gasteiger partial charge in [0.15, 0.2) is 0 Å². The Morgan fingerprint density at radius 3 is 2.63 bits per heavy atom. The average Bonchev–Trinajstić information content (AvgIpc) is 3.05. The van der Waals surface area contributed by atoms with Crippen LogP contribution in [0.25, 0.3) is 0 Å². The van der Waals surface area contributed by atoms with E-state index in [4.69, 9.17) is 9.47 Å². The highest BCUT2D eigenvalue weighted by atomic mass is 16.5. The molecule has 1 aliphatic rings. The molecule has 0 unspecified atom stereocenters. The van der Waals surface area contributed by atoms with Gasteiger partial charge in [0.05, 0.1) is 37.3 Å². The Kier molecular flexibility index (Phi) is 5.81. The van der Waals surface area contributed by atoms with Crippen LogP contribution in [0.3, 0.4) is 0 Å². The van der Waals surface area contributed by atoms with Crippen molar-refractivity contribution in [3.8, 4) is 0 Å². The topological polar surface area (TPSA) is 83.7 Å². The highest BCUT2D eigenvalue weighted by Crippen LogP contribution is 2.28. The van der Waals surface area contributed by atoms with Gasteiger partial charge in [0.25, 0.3) is 5.91 Å². The van der Waals surface area contributed by atoms with Crippen molar-refractivity contribution in [3.05, 3.63) is 46.8 Å². The summed E-state index contributed by atoms with van der Waals surface area (Å²) in [6.45, 7) is 6.57. The smallest absolute Gasteiger partial charge is 0.339 e. The number of rotatable bonds is 5. The van der Waals surface area contributed by atoms with Crippen LogP contribution < -0.4 is 10.2 Å². The zero-order valence-corrected chi connectivity index (χ0v) is 15.9. The summed E-state index contributed by atoms with van der Waals surface area (Å²) in [5.41, 5.74) is 3.81. The van der Waals surface area contributed by atoms with Crippen molar-refractivity contribution in [2.24, 2.45) is 0 Å². The van der Waals surface area contributed by atoms with Crippen LogP contribution >= 0.6 is 0 Å². The van der Waals surface area contributed by atoms with E-state index in [1.165, 1.54) is 7.11 Å². The highest BCUT2D eigenvalue weighted by Gasteiger charge is 2.24. The lowest BCUT2D eigenvalue weighted by atomic mass is 10.1. The first-order valence-corrected chi connectivity index (χ1v) is 9.09. The molecule has 27 heavy (non-hydrogen) atoms. The summed E-state index contributed by atoms with van der Waals surface area (Å²) < 4.78 is 10.3. The van der Waals surface area contributed by atoms with Gasteiger partial charge in [-0.15, -0.1) is 0 Å². The third kappa shape index (κ3) is 3.83. The molecule has 1 aliphatic heterocycles. The number of methoxy groups -OCH3 is 1. The Morgan fingerprint density at radius 1 is 1.26 bits per heavy atom. The molecule has 3 rings (SSSR count). The lowest BCUT2D eigenvalue weighted by Gasteiger charge is -2.30.